The maximum absolute atomic E-state index is 13.1. The summed E-state index contributed by atoms with van der Waals surface area (Å²) in [6, 6.07) is 13.3. The first kappa shape index (κ1) is 23.1. The van der Waals surface area contributed by atoms with Gasteiger partial charge in [0.25, 0.3) is 5.91 Å². The summed E-state index contributed by atoms with van der Waals surface area (Å²) >= 11 is 0. The van der Waals surface area contributed by atoms with E-state index >= 15 is 0 Å². The van der Waals surface area contributed by atoms with Crippen LogP contribution < -0.4 is 10.1 Å². The Morgan fingerprint density at radius 2 is 1.64 bits per heavy atom. The second-order valence-electron chi connectivity index (χ2n) is 11.3. The zero-order chi connectivity index (χ0) is 24.9. The molecule has 0 spiro atoms. The number of ether oxygens (including phenoxy) is 2. The Labute approximate surface area is 212 Å². The average Bonchev–Trinajstić information content (AvgIpc) is 3.28. The van der Waals surface area contributed by atoms with Crippen LogP contribution in [-0.2, 0) is 11.3 Å². The van der Waals surface area contributed by atoms with Gasteiger partial charge in [-0.2, -0.15) is 0 Å². The molecule has 0 unspecified atom stereocenters. The van der Waals surface area contributed by atoms with Gasteiger partial charge in [-0.15, -0.1) is 0 Å². The predicted molar refractivity (Wildman–Crippen MR) is 138 cm³/mol. The monoisotopic (exact) mass is 486 g/mol. The van der Waals surface area contributed by atoms with Gasteiger partial charge in [-0.1, -0.05) is 6.07 Å². The van der Waals surface area contributed by atoms with E-state index in [1.807, 2.05) is 36.5 Å². The highest BCUT2D eigenvalue weighted by atomic mass is 16.5. The third-order valence-corrected chi connectivity index (χ3v) is 8.87. The number of hydrogen-bond acceptors (Lipinski definition) is 4. The molecule has 1 aromatic heterocycles. The number of hydrogen-bond donors (Lipinski definition) is 1. The van der Waals surface area contributed by atoms with Crippen molar-refractivity contribution in [2.24, 2.45) is 23.2 Å². The maximum Gasteiger partial charge on any atom is 0.337 e. The second kappa shape index (κ2) is 8.99. The van der Waals surface area contributed by atoms with Gasteiger partial charge in [-0.25, -0.2) is 4.79 Å². The zero-order valence-electron chi connectivity index (χ0n) is 21.1. The minimum atomic E-state index is -0.389. The van der Waals surface area contributed by atoms with Gasteiger partial charge in [0.1, 0.15) is 5.75 Å². The number of carbonyl (C=O) groups is 2. The molecule has 1 N–H and O–H groups in total. The summed E-state index contributed by atoms with van der Waals surface area (Å²) < 4.78 is 12.5. The lowest BCUT2D eigenvalue weighted by Crippen LogP contribution is -2.51. The van der Waals surface area contributed by atoms with Gasteiger partial charge in [0.15, 0.2) is 0 Å². The van der Waals surface area contributed by atoms with Gasteiger partial charge in [0, 0.05) is 34.8 Å². The van der Waals surface area contributed by atoms with Crippen molar-refractivity contribution in [1.82, 2.24) is 9.88 Å². The summed E-state index contributed by atoms with van der Waals surface area (Å²) in [5, 5.41) is 4.33. The standard InChI is InChI=1S/C30H34N2O4/c1-35-27-13-24(29(34)36-2)3-4-25(27)17-32-8-7-22-12-23(5-6-26(22)32)28(33)31-18-30-14-19-9-20(15-30)11-21(10-19)16-30/h3-8,12-13,19-21H,9-11,14-18H2,1-2H3,(H,31,33). The molecule has 4 aliphatic carbocycles. The van der Waals surface area contributed by atoms with E-state index in [-0.39, 0.29) is 11.9 Å². The predicted octanol–water partition coefficient (Wildman–Crippen LogP) is 5.43. The van der Waals surface area contributed by atoms with Gasteiger partial charge >= 0.3 is 5.97 Å². The lowest BCUT2D eigenvalue weighted by atomic mass is 9.49. The van der Waals surface area contributed by atoms with E-state index in [4.69, 9.17) is 9.47 Å². The van der Waals surface area contributed by atoms with Gasteiger partial charge in [-0.05, 0) is 98.1 Å². The molecular weight excluding hydrogens is 452 g/mol. The summed E-state index contributed by atoms with van der Waals surface area (Å²) in [5.74, 6) is 2.94. The van der Waals surface area contributed by atoms with Crippen LogP contribution in [0.25, 0.3) is 10.9 Å². The maximum atomic E-state index is 13.1. The Balaban J connectivity index is 1.16. The number of nitrogens with zero attached hydrogens (tertiary/aromatic N) is 1. The Kier molecular flexibility index (Phi) is 5.78. The second-order valence-corrected chi connectivity index (χ2v) is 11.3. The minimum absolute atomic E-state index is 0.0282. The fraction of sp³-hybridized carbons (Fsp3) is 0.467. The van der Waals surface area contributed by atoms with E-state index in [1.165, 1.54) is 45.6 Å². The smallest absolute Gasteiger partial charge is 0.337 e. The molecule has 0 saturated heterocycles. The Hall–Kier alpha value is -3.28. The molecule has 0 aliphatic heterocycles. The number of carbonyl (C=O) groups excluding carboxylic acids is 2. The van der Waals surface area contributed by atoms with Crippen LogP contribution in [0.15, 0.2) is 48.7 Å². The highest BCUT2D eigenvalue weighted by molar-refractivity contribution is 5.98. The zero-order valence-corrected chi connectivity index (χ0v) is 21.1. The Morgan fingerprint density at radius 1 is 0.944 bits per heavy atom. The number of rotatable bonds is 7. The highest BCUT2D eigenvalue weighted by Gasteiger charge is 2.50. The molecule has 4 aliphatic rings. The number of esters is 1. The first-order valence-corrected chi connectivity index (χ1v) is 13.1. The lowest BCUT2D eigenvalue weighted by molar-refractivity contribution is -0.0503. The summed E-state index contributed by atoms with van der Waals surface area (Å²) in [4.78, 5) is 25.0. The molecular formula is C30H34N2O4. The van der Waals surface area contributed by atoms with E-state index in [0.717, 1.165) is 40.8 Å². The van der Waals surface area contributed by atoms with Crippen molar-refractivity contribution in [3.05, 3.63) is 65.4 Å². The van der Waals surface area contributed by atoms with Crippen LogP contribution >= 0.6 is 0 Å². The quantitative estimate of drug-likeness (QED) is 0.452. The molecule has 6 nitrogen and oxygen atoms in total. The summed E-state index contributed by atoms with van der Waals surface area (Å²) in [7, 11) is 2.97. The van der Waals surface area contributed by atoms with Crippen LogP contribution in [0, 0.1) is 23.2 Å². The van der Waals surface area contributed by atoms with Crippen LogP contribution in [0.5, 0.6) is 5.75 Å². The molecule has 2 aromatic carbocycles. The topological polar surface area (TPSA) is 69.6 Å². The third-order valence-electron chi connectivity index (χ3n) is 8.87. The number of amides is 1. The van der Waals surface area contributed by atoms with E-state index in [2.05, 4.69) is 9.88 Å². The largest absolute Gasteiger partial charge is 0.496 e. The molecule has 0 atom stereocenters. The molecule has 6 heteroatoms. The number of methoxy groups -OCH3 is 2. The van der Waals surface area contributed by atoms with E-state index in [0.29, 0.717) is 28.8 Å². The van der Waals surface area contributed by atoms with Crippen molar-refractivity contribution in [3.63, 3.8) is 0 Å². The van der Waals surface area contributed by atoms with Crippen LogP contribution in [0.2, 0.25) is 0 Å². The van der Waals surface area contributed by atoms with Crippen molar-refractivity contribution in [2.75, 3.05) is 20.8 Å². The summed E-state index contributed by atoms with van der Waals surface area (Å²) in [5.41, 5.74) is 3.51. The summed E-state index contributed by atoms with van der Waals surface area (Å²) in [6.07, 6.45) is 10.2. The Morgan fingerprint density at radius 3 is 2.31 bits per heavy atom. The van der Waals surface area contributed by atoms with E-state index < -0.39 is 0 Å². The molecule has 4 bridgehead atoms. The molecule has 7 rings (SSSR count). The minimum Gasteiger partial charge on any atom is -0.496 e. The fourth-order valence-electron chi connectivity index (χ4n) is 7.66. The fourth-order valence-corrected chi connectivity index (χ4v) is 7.66. The molecule has 4 saturated carbocycles. The van der Waals surface area contributed by atoms with Gasteiger partial charge in [0.05, 0.1) is 26.3 Å². The average molecular weight is 487 g/mol. The van der Waals surface area contributed by atoms with Crippen LogP contribution in [0.4, 0.5) is 0 Å². The number of fused-ring (bicyclic) bond motifs is 1. The first-order chi connectivity index (χ1) is 17.4. The Bertz CT molecular complexity index is 1290. The van der Waals surface area contributed by atoms with E-state index in [1.54, 1.807) is 19.2 Å². The van der Waals surface area contributed by atoms with Crippen molar-refractivity contribution in [2.45, 2.75) is 45.1 Å². The molecule has 3 aromatic rings. The molecule has 4 fully saturated rings. The summed E-state index contributed by atoms with van der Waals surface area (Å²) in [6.45, 7) is 1.40. The molecule has 188 valence electrons. The van der Waals surface area contributed by atoms with Crippen molar-refractivity contribution in [3.8, 4) is 5.75 Å². The first-order valence-electron chi connectivity index (χ1n) is 13.1. The van der Waals surface area contributed by atoms with Crippen molar-refractivity contribution >= 4 is 22.8 Å². The highest BCUT2D eigenvalue weighted by Crippen LogP contribution is 2.59. The molecule has 0 radical (unpaired) electrons. The van der Waals surface area contributed by atoms with Gasteiger partial charge in [0.2, 0.25) is 0 Å². The molecule has 1 amide bonds. The van der Waals surface area contributed by atoms with Crippen molar-refractivity contribution in [1.29, 1.82) is 0 Å². The molecule has 1 heterocycles. The normalized spacial score (nSPS) is 26.2. The van der Waals surface area contributed by atoms with E-state index in [9.17, 15) is 9.59 Å². The van der Waals surface area contributed by atoms with Crippen LogP contribution in [0.1, 0.15) is 64.8 Å². The van der Waals surface area contributed by atoms with Crippen LogP contribution in [0.3, 0.4) is 0 Å². The number of benzene rings is 2. The van der Waals surface area contributed by atoms with Gasteiger partial charge in [-0.3, -0.25) is 4.79 Å². The van der Waals surface area contributed by atoms with Gasteiger partial charge < -0.3 is 19.4 Å². The van der Waals surface area contributed by atoms with Crippen LogP contribution in [-0.4, -0.2) is 37.2 Å². The van der Waals surface area contributed by atoms with Crippen molar-refractivity contribution < 1.29 is 19.1 Å². The third kappa shape index (κ3) is 4.16. The number of aromatic nitrogens is 1. The lowest BCUT2D eigenvalue weighted by Gasteiger charge is -2.56. The number of nitrogens with one attached hydrogen (secondary N) is 1. The SMILES string of the molecule is COC(=O)c1ccc(Cn2ccc3cc(C(=O)NCC45CC6CC(CC(C6)C4)C5)ccc32)c(OC)c1. The molecule has 36 heavy (non-hydrogen) atoms.